The maximum absolute atomic E-state index is 12.6. The van der Waals surface area contributed by atoms with Gasteiger partial charge in [-0.15, -0.1) is 0 Å². The first-order valence-electron chi connectivity index (χ1n) is 13.7. The fourth-order valence-corrected chi connectivity index (χ4v) is 5.86. The number of aliphatic carboxylic acids is 1. The number of nitrogens with zero attached hydrogens (tertiary/aromatic N) is 2. The zero-order valence-corrected chi connectivity index (χ0v) is 23.9. The predicted octanol–water partition coefficient (Wildman–Crippen LogP) is 6.11. The Morgan fingerprint density at radius 2 is 1.98 bits per heavy atom. The summed E-state index contributed by atoms with van der Waals surface area (Å²) in [5, 5.41) is 14.5. The van der Waals surface area contributed by atoms with E-state index in [2.05, 4.69) is 52.5 Å². The lowest BCUT2D eigenvalue weighted by Crippen LogP contribution is -2.33. The van der Waals surface area contributed by atoms with Crippen molar-refractivity contribution in [2.75, 3.05) is 31.2 Å². The van der Waals surface area contributed by atoms with Gasteiger partial charge in [-0.3, -0.25) is 14.7 Å². The Balaban J connectivity index is 1.54. The van der Waals surface area contributed by atoms with E-state index in [0.717, 1.165) is 63.2 Å². The number of carboxylic acid groups (broad SMARTS) is 1. The minimum absolute atomic E-state index is 0.390. The van der Waals surface area contributed by atoms with E-state index in [-0.39, 0.29) is 5.92 Å². The standard InChI is InChI=1S/C33H38N4O3/c1-20-8-9-23(29(33(3,4)32(38)39)25-11-12-27(35-5)30(34)21(25)2)17-24(20)18-37-15-16-40-28-13-10-22-7-6-14-36-31(22)26(28)19-37/h6-14,17,29,35H,15-16,18-19,34H2,1-5H3,(H,38,39). The highest BCUT2D eigenvalue weighted by Crippen LogP contribution is 2.45. The summed E-state index contributed by atoms with van der Waals surface area (Å²) in [6.45, 7) is 10.5. The second-order valence-corrected chi connectivity index (χ2v) is 11.3. The minimum Gasteiger partial charge on any atom is -0.492 e. The number of nitrogen functional groups attached to an aromatic ring is 1. The molecule has 208 valence electrons. The van der Waals surface area contributed by atoms with Crippen LogP contribution in [0.4, 0.5) is 11.4 Å². The molecule has 1 aromatic heterocycles. The molecule has 7 nitrogen and oxygen atoms in total. The Morgan fingerprint density at radius 1 is 1.18 bits per heavy atom. The first-order chi connectivity index (χ1) is 19.1. The lowest BCUT2D eigenvalue weighted by molar-refractivity contribution is -0.147. The number of pyridine rings is 1. The number of hydrogen-bond acceptors (Lipinski definition) is 6. The van der Waals surface area contributed by atoms with E-state index >= 15 is 0 Å². The van der Waals surface area contributed by atoms with Crippen LogP contribution in [0.15, 0.2) is 60.8 Å². The third-order valence-corrected chi connectivity index (χ3v) is 8.39. The monoisotopic (exact) mass is 538 g/mol. The number of ether oxygens (including phenoxy) is 1. The SMILES string of the molecule is CNc1ccc(C(c2ccc(C)c(CN3CCOc4ccc5cccnc5c4C3)c2)C(C)(C)C(=O)O)c(C)c1N. The van der Waals surface area contributed by atoms with Gasteiger partial charge in [0, 0.05) is 49.7 Å². The predicted molar refractivity (Wildman–Crippen MR) is 161 cm³/mol. The fraction of sp³-hybridized carbons (Fsp3) is 0.333. The second-order valence-electron chi connectivity index (χ2n) is 11.3. The molecule has 1 atom stereocenters. The topological polar surface area (TPSA) is 101 Å². The number of anilines is 2. The Morgan fingerprint density at radius 3 is 2.73 bits per heavy atom. The first-order valence-corrected chi connectivity index (χ1v) is 13.7. The molecule has 4 N–H and O–H groups in total. The molecule has 0 radical (unpaired) electrons. The normalized spacial score (nSPS) is 14.7. The number of aromatic nitrogens is 1. The lowest BCUT2D eigenvalue weighted by atomic mass is 9.69. The van der Waals surface area contributed by atoms with Gasteiger partial charge in [0.25, 0.3) is 0 Å². The Hall–Kier alpha value is -4.10. The van der Waals surface area contributed by atoms with Crippen molar-refractivity contribution in [3.8, 4) is 5.75 Å². The van der Waals surface area contributed by atoms with Crippen LogP contribution in [0.2, 0.25) is 0 Å². The van der Waals surface area contributed by atoms with Gasteiger partial charge in [-0.1, -0.05) is 30.3 Å². The number of carbonyl (C=O) groups is 1. The molecular formula is C33H38N4O3. The third-order valence-electron chi connectivity index (χ3n) is 8.39. The van der Waals surface area contributed by atoms with Crippen molar-refractivity contribution in [1.29, 1.82) is 0 Å². The van der Waals surface area contributed by atoms with Crippen LogP contribution in [0, 0.1) is 19.3 Å². The smallest absolute Gasteiger partial charge is 0.310 e. The van der Waals surface area contributed by atoms with E-state index in [4.69, 9.17) is 10.5 Å². The van der Waals surface area contributed by atoms with Crippen LogP contribution >= 0.6 is 0 Å². The molecule has 0 fully saturated rings. The van der Waals surface area contributed by atoms with Crippen LogP contribution in [-0.2, 0) is 17.9 Å². The van der Waals surface area contributed by atoms with Crippen LogP contribution in [0.3, 0.4) is 0 Å². The maximum Gasteiger partial charge on any atom is 0.310 e. The quantitative estimate of drug-likeness (QED) is 0.244. The third kappa shape index (κ3) is 4.97. The number of fused-ring (bicyclic) bond motifs is 3. The van der Waals surface area contributed by atoms with Gasteiger partial charge < -0.3 is 20.9 Å². The summed E-state index contributed by atoms with van der Waals surface area (Å²) in [7, 11) is 1.83. The van der Waals surface area contributed by atoms with Crippen molar-refractivity contribution < 1.29 is 14.6 Å². The van der Waals surface area contributed by atoms with Crippen molar-refractivity contribution in [3.05, 3.63) is 94.2 Å². The van der Waals surface area contributed by atoms with Gasteiger partial charge >= 0.3 is 5.97 Å². The molecule has 0 saturated heterocycles. The largest absolute Gasteiger partial charge is 0.492 e. The van der Waals surface area contributed by atoms with Crippen molar-refractivity contribution >= 4 is 28.2 Å². The van der Waals surface area contributed by atoms with Gasteiger partial charge in [-0.05, 0) is 79.8 Å². The number of nitrogens with two attached hydrogens (primary N) is 1. The molecule has 0 saturated carbocycles. The molecule has 0 bridgehead atoms. The van der Waals surface area contributed by atoms with E-state index < -0.39 is 11.4 Å². The van der Waals surface area contributed by atoms with Crippen LogP contribution < -0.4 is 15.8 Å². The van der Waals surface area contributed by atoms with Gasteiger partial charge in [-0.2, -0.15) is 0 Å². The number of aryl methyl sites for hydroxylation is 1. The summed E-state index contributed by atoms with van der Waals surface area (Å²) in [4.78, 5) is 19.6. The van der Waals surface area contributed by atoms with Gasteiger partial charge in [0.15, 0.2) is 0 Å². The van der Waals surface area contributed by atoms with Crippen LogP contribution in [0.1, 0.15) is 53.1 Å². The van der Waals surface area contributed by atoms with Gasteiger partial charge in [0.2, 0.25) is 0 Å². The molecule has 2 heterocycles. The molecule has 1 unspecified atom stereocenters. The molecule has 7 heteroatoms. The molecule has 40 heavy (non-hydrogen) atoms. The highest BCUT2D eigenvalue weighted by Gasteiger charge is 2.40. The van der Waals surface area contributed by atoms with Crippen molar-refractivity contribution in [1.82, 2.24) is 9.88 Å². The van der Waals surface area contributed by atoms with Crippen LogP contribution in [0.5, 0.6) is 5.75 Å². The molecule has 3 aromatic carbocycles. The fourth-order valence-electron chi connectivity index (χ4n) is 5.86. The number of hydrogen-bond donors (Lipinski definition) is 3. The number of nitrogens with one attached hydrogen (secondary N) is 1. The summed E-state index contributed by atoms with van der Waals surface area (Å²) in [5.74, 6) is -0.352. The van der Waals surface area contributed by atoms with E-state index in [1.54, 1.807) is 13.8 Å². The maximum atomic E-state index is 12.6. The first kappa shape index (κ1) is 27.5. The summed E-state index contributed by atoms with van der Waals surface area (Å²) in [6.07, 6.45) is 1.83. The summed E-state index contributed by atoms with van der Waals surface area (Å²) < 4.78 is 6.12. The van der Waals surface area contributed by atoms with Crippen molar-refractivity contribution in [2.24, 2.45) is 5.41 Å². The van der Waals surface area contributed by atoms with Gasteiger partial charge in [-0.25, -0.2) is 0 Å². The Labute approximate surface area is 236 Å². The molecule has 5 rings (SSSR count). The average Bonchev–Trinajstić information content (AvgIpc) is 3.15. The molecule has 4 aromatic rings. The highest BCUT2D eigenvalue weighted by molar-refractivity contribution is 5.84. The van der Waals surface area contributed by atoms with E-state index in [1.165, 1.54) is 5.56 Å². The molecule has 1 aliphatic rings. The summed E-state index contributed by atoms with van der Waals surface area (Å²) >= 11 is 0. The van der Waals surface area contributed by atoms with E-state index in [0.29, 0.717) is 18.8 Å². The zero-order chi connectivity index (χ0) is 28.6. The summed E-state index contributed by atoms with van der Waals surface area (Å²) in [5.41, 5.74) is 14.1. The van der Waals surface area contributed by atoms with Gasteiger partial charge in [0.05, 0.1) is 22.3 Å². The Kier molecular flexibility index (Phi) is 7.43. The Bertz CT molecular complexity index is 1580. The van der Waals surface area contributed by atoms with Crippen molar-refractivity contribution in [2.45, 2.75) is 46.7 Å². The number of rotatable bonds is 7. The number of benzene rings is 3. The van der Waals surface area contributed by atoms with Crippen LogP contribution in [-0.4, -0.2) is 41.2 Å². The van der Waals surface area contributed by atoms with Gasteiger partial charge in [0.1, 0.15) is 12.4 Å². The van der Waals surface area contributed by atoms with Crippen molar-refractivity contribution in [3.63, 3.8) is 0 Å². The molecule has 0 spiro atoms. The molecular weight excluding hydrogens is 500 g/mol. The number of carboxylic acids is 1. The highest BCUT2D eigenvalue weighted by atomic mass is 16.5. The zero-order valence-electron chi connectivity index (χ0n) is 23.9. The second kappa shape index (κ2) is 10.8. The van der Waals surface area contributed by atoms with E-state index in [9.17, 15) is 9.90 Å². The molecule has 0 amide bonds. The minimum atomic E-state index is -1.06. The molecule has 1 aliphatic heterocycles. The lowest BCUT2D eigenvalue weighted by Gasteiger charge is -2.34. The summed E-state index contributed by atoms with van der Waals surface area (Å²) in [6, 6.07) is 18.4. The molecule has 0 aliphatic carbocycles. The van der Waals surface area contributed by atoms with Crippen LogP contribution in [0.25, 0.3) is 10.9 Å². The van der Waals surface area contributed by atoms with E-state index in [1.807, 2.05) is 44.4 Å². The average molecular weight is 539 g/mol.